The van der Waals surface area contributed by atoms with E-state index in [9.17, 15) is 18.3 Å². The third kappa shape index (κ3) is 3.01. The zero-order valence-corrected chi connectivity index (χ0v) is 12.7. The molecule has 1 aromatic heterocycles. The molecule has 1 heterocycles. The predicted octanol–water partition coefficient (Wildman–Crippen LogP) is 2.37. The Balaban J connectivity index is 2.46. The fourth-order valence-electron chi connectivity index (χ4n) is 1.83. The highest BCUT2D eigenvalue weighted by Gasteiger charge is 2.26. The van der Waals surface area contributed by atoms with Crippen LogP contribution in [0.4, 0.5) is 5.69 Å². The standard InChI is InChI=1S/C13H13NO5S2/c1-2-14(9-4-3-5-10(15)6-9)21(18,19)11-7-12(13(16)17)20-8-11/h3-8,15H,2H2,1H3,(H,16,17). The first-order valence-electron chi connectivity index (χ1n) is 6.00. The van der Waals surface area contributed by atoms with Crippen molar-refractivity contribution in [3.05, 3.63) is 40.6 Å². The number of sulfonamides is 1. The molecular weight excluding hydrogens is 314 g/mol. The quantitative estimate of drug-likeness (QED) is 0.879. The topological polar surface area (TPSA) is 94.9 Å². The molecule has 6 nitrogen and oxygen atoms in total. The molecule has 112 valence electrons. The molecule has 0 saturated heterocycles. The van der Waals surface area contributed by atoms with Crippen molar-refractivity contribution < 1.29 is 23.4 Å². The molecule has 1 aromatic carbocycles. The average Bonchev–Trinajstić information content (AvgIpc) is 2.89. The molecule has 0 unspecified atom stereocenters. The van der Waals surface area contributed by atoms with E-state index in [0.29, 0.717) is 5.69 Å². The predicted molar refractivity (Wildman–Crippen MR) is 79.6 cm³/mol. The van der Waals surface area contributed by atoms with Crippen LogP contribution < -0.4 is 4.31 Å². The maximum atomic E-state index is 12.6. The van der Waals surface area contributed by atoms with E-state index in [1.807, 2.05) is 0 Å². The summed E-state index contributed by atoms with van der Waals surface area (Å²) < 4.78 is 26.2. The SMILES string of the molecule is CCN(c1cccc(O)c1)S(=O)(=O)c1csc(C(=O)O)c1. The molecule has 2 aromatic rings. The number of hydrogen-bond donors (Lipinski definition) is 2. The summed E-state index contributed by atoms with van der Waals surface area (Å²) in [5.74, 6) is -1.21. The van der Waals surface area contributed by atoms with Crippen LogP contribution >= 0.6 is 11.3 Å². The number of hydrogen-bond acceptors (Lipinski definition) is 5. The van der Waals surface area contributed by atoms with Gasteiger partial charge in [0.25, 0.3) is 10.0 Å². The molecule has 2 rings (SSSR count). The van der Waals surface area contributed by atoms with Gasteiger partial charge in [-0.2, -0.15) is 0 Å². The van der Waals surface area contributed by atoms with Crippen LogP contribution in [0.3, 0.4) is 0 Å². The fourth-order valence-corrected chi connectivity index (χ4v) is 4.40. The number of nitrogens with zero attached hydrogens (tertiary/aromatic N) is 1. The van der Waals surface area contributed by atoms with Crippen LogP contribution in [0.5, 0.6) is 5.75 Å². The molecule has 0 amide bonds. The van der Waals surface area contributed by atoms with Crippen LogP contribution in [0.1, 0.15) is 16.6 Å². The van der Waals surface area contributed by atoms with E-state index in [0.717, 1.165) is 21.7 Å². The van der Waals surface area contributed by atoms with Crippen LogP contribution in [-0.4, -0.2) is 31.1 Å². The summed E-state index contributed by atoms with van der Waals surface area (Å²) >= 11 is 0.856. The lowest BCUT2D eigenvalue weighted by molar-refractivity contribution is 0.0702. The first-order valence-corrected chi connectivity index (χ1v) is 8.32. The normalized spacial score (nSPS) is 11.3. The van der Waals surface area contributed by atoms with Crippen molar-refractivity contribution in [2.75, 3.05) is 10.8 Å². The maximum absolute atomic E-state index is 12.6. The van der Waals surface area contributed by atoms with Crippen LogP contribution in [0.15, 0.2) is 40.6 Å². The molecule has 0 aliphatic carbocycles. The lowest BCUT2D eigenvalue weighted by Crippen LogP contribution is -2.30. The Hall–Kier alpha value is -2.06. The minimum atomic E-state index is -3.86. The van der Waals surface area contributed by atoms with Crippen LogP contribution in [0.25, 0.3) is 0 Å². The molecule has 0 spiro atoms. The number of aromatic carboxylic acids is 1. The Morgan fingerprint density at radius 1 is 1.33 bits per heavy atom. The van der Waals surface area contributed by atoms with Gasteiger partial charge >= 0.3 is 5.97 Å². The van der Waals surface area contributed by atoms with Gasteiger partial charge in [0.2, 0.25) is 0 Å². The second-order valence-electron chi connectivity index (χ2n) is 4.14. The van der Waals surface area contributed by atoms with E-state index in [1.165, 1.54) is 17.5 Å². The molecule has 2 N–H and O–H groups in total. The average molecular weight is 327 g/mol. The van der Waals surface area contributed by atoms with Gasteiger partial charge in [-0.1, -0.05) is 6.07 Å². The Labute approximate surface area is 125 Å². The van der Waals surface area contributed by atoms with Crippen molar-refractivity contribution in [1.29, 1.82) is 0 Å². The Morgan fingerprint density at radius 2 is 2.05 bits per heavy atom. The van der Waals surface area contributed by atoms with Gasteiger partial charge in [-0.05, 0) is 25.1 Å². The Morgan fingerprint density at radius 3 is 2.57 bits per heavy atom. The number of carbonyl (C=O) groups is 1. The van der Waals surface area contributed by atoms with Crippen molar-refractivity contribution in [1.82, 2.24) is 0 Å². The number of aromatic hydroxyl groups is 1. The van der Waals surface area contributed by atoms with E-state index in [1.54, 1.807) is 19.1 Å². The van der Waals surface area contributed by atoms with Crippen molar-refractivity contribution in [3.63, 3.8) is 0 Å². The molecule has 0 bridgehead atoms. The van der Waals surface area contributed by atoms with E-state index >= 15 is 0 Å². The van der Waals surface area contributed by atoms with Crippen LogP contribution in [0.2, 0.25) is 0 Å². The molecule has 0 aliphatic rings. The summed E-state index contributed by atoms with van der Waals surface area (Å²) in [7, 11) is -3.86. The van der Waals surface area contributed by atoms with Crippen molar-refractivity contribution in [2.24, 2.45) is 0 Å². The van der Waals surface area contributed by atoms with E-state index in [2.05, 4.69) is 0 Å². The minimum absolute atomic E-state index is 0.0412. The lowest BCUT2D eigenvalue weighted by Gasteiger charge is -2.22. The first-order chi connectivity index (χ1) is 9.86. The van der Waals surface area contributed by atoms with Crippen molar-refractivity contribution in [3.8, 4) is 5.75 Å². The third-order valence-corrected chi connectivity index (χ3v) is 5.73. The van der Waals surface area contributed by atoms with Crippen LogP contribution in [0, 0.1) is 0 Å². The number of benzene rings is 1. The van der Waals surface area contributed by atoms with Gasteiger partial charge in [-0.15, -0.1) is 11.3 Å². The van der Waals surface area contributed by atoms with Crippen molar-refractivity contribution >= 4 is 33.0 Å². The minimum Gasteiger partial charge on any atom is -0.508 e. The van der Waals surface area contributed by atoms with E-state index < -0.39 is 16.0 Å². The lowest BCUT2D eigenvalue weighted by atomic mass is 10.3. The number of carboxylic acid groups (broad SMARTS) is 1. The van der Waals surface area contributed by atoms with Gasteiger partial charge in [0.05, 0.1) is 10.6 Å². The molecule has 0 saturated carbocycles. The summed E-state index contributed by atoms with van der Waals surface area (Å²) in [6.45, 7) is 1.82. The number of thiophene rings is 1. The van der Waals surface area contributed by atoms with Gasteiger partial charge in [-0.3, -0.25) is 4.31 Å². The summed E-state index contributed by atoms with van der Waals surface area (Å²) in [6.07, 6.45) is 0. The Bertz CT molecular complexity index is 766. The zero-order chi connectivity index (χ0) is 15.6. The number of rotatable bonds is 5. The zero-order valence-electron chi connectivity index (χ0n) is 11.1. The fraction of sp³-hybridized carbons (Fsp3) is 0.154. The van der Waals surface area contributed by atoms with E-state index in [-0.39, 0.29) is 22.1 Å². The van der Waals surface area contributed by atoms with Gasteiger partial charge in [-0.25, -0.2) is 13.2 Å². The highest BCUT2D eigenvalue weighted by atomic mass is 32.2. The number of anilines is 1. The van der Waals surface area contributed by atoms with Gasteiger partial charge in [0, 0.05) is 18.0 Å². The summed E-state index contributed by atoms with van der Waals surface area (Å²) in [5, 5.41) is 19.7. The smallest absolute Gasteiger partial charge is 0.345 e. The molecule has 21 heavy (non-hydrogen) atoms. The molecular formula is C13H13NO5S2. The number of phenolic OH excluding ortho intramolecular Hbond substituents is 1. The highest BCUT2D eigenvalue weighted by Crippen LogP contribution is 2.28. The van der Waals surface area contributed by atoms with Gasteiger partial charge < -0.3 is 10.2 Å². The summed E-state index contributed by atoms with van der Waals surface area (Å²) in [6, 6.07) is 7.01. The van der Waals surface area contributed by atoms with Gasteiger partial charge in [0.15, 0.2) is 0 Å². The van der Waals surface area contributed by atoms with Crippen LogP contribution in [-0.2, 0) is 10.0 Å². The summed E-state index contributed by atoms with van der Waals surface area (Å²) in [4.78, 5) is 10.7. The summed E-state index contributed by atoms with van der Waals surface area (Å²) in [5.41, 5.74) is 0.320. The largest absolute Gasteiger partial charge is 0.508 e. The molecule has 8 heteroatoms. The van der Waals surface area contributed by atoms with Crippen molar-refractivity contribution in [2.45, 2.75) is 11.8 Å². The van der Waals surface area contributed by atoms with Gasteiger partial charge in [0.1, 0.15) is 10.6 Å². The molecule has 0 atom stereocenters. The number of carboxylic acids is 1. The molecule has 0 radical (unpaired) electrons. The first kappa shape index (κ1) is 15.3. The second-order valence-corrected chi connectivity index (χ2v) is 6.91. The highest BCUT2D eigenvalue weighted by molar-refractivity contribution is 7.93. The third-order valence-electron chi connectivity index (χ3n) is 2.78. The maximum Gasteiger partial charge on any atom is 0.345 e. The van der Waals surface area contributed by atoms with E-state index in [4.69, 9.17) is 5.11 Å². The monoisotopic (exact) mass is 327 g/mol. The Kier molecular flexibility index (Phi) is 4.19. The molecule has 0 aliphatic heterocycles. The number of phenols is 1. The second kappa shape index (κ2) is 5.74. The molecule has 0 fully saturated rings.